The Bertz CT molecular complexity index is 307. The van der Waals surface area contributed by atoms with Gasteiger partial charge in [-0.3, -0.25) is 0 Å². The molecular formula is C12H15N. The summed E-state index contributed by atoms with van der Waals surface area (Å²) in [5, 5.41) is 0. The van der Waals surface area contributed by atoms with Crippen molar-refractivity contribution >= 4 is 0 Å². The Morgan fingerprint density at radius 3 is 2.08 bits per heavy atom. The van der Waals surface area contributed by atoms with E-state index in [9.17, 15) is 0 Å². The first kappa shape index (κ1) is 7.57. The quantitative estimate of drug-likeness (QED) is 0.688. The molecule has 0 saturated heterocycles. The van der Waals surface area contributed by atoms with E-state index < -0.39 is 0 Å². The van der Waals surface area contributed by atoms with Crippen molar-refractivity contribution in [3.8, 4) is 0 Å². The molecule has 13 heavy (non-hydrogen) atoms. The van der Waals surface area contributed by atoms with E-state index in [1.807, 2.05) is 0 Å². The van der Waals surface area contributed by atoms with Crippen molar-refractivity contribution in [1.82, 2.24) is 0 Å². The van der Waals surface area contributed by atoms with E-state index in [0.29, 0.717) is 6.04 Å². The molecule has 0 aromatic heterocycles. The van der Waals surface area contributed by atoms with E-state index in [4.69, 9.17) is 5.73 Å². The minimum Gasteiger partial charge on any atom is -0.327 e. The van der Waals surface area contributed by atoms with Crippen LogP contribution < -0.4 is 5.73 Å². The van der Waals surface area contributed by atoms with Gasteiger partial charge in [0.2, 0.25) is 0 Å². The highest BCUT2D eigenvalue weighted by Crippen LogP contribution is 2.42. The van der Waals surface area contributed by atoms with Crippen LogP contribution in [0.5, 0.6) is 0 Å². The van der Waals surface area contributed by atoms with E-state index in [1.54, 1.807) is 11.1 Å². The Balaban J connectivity index is 1.82. The molecule has 0 amide bonds. The van der Waals surface area contributed by atoms with Crippen molar-refractivity contribution in [2.45, 2.75) is 25.3 Å². The van der Waals surface area contributed by atoms with Gasteiger partial charge in [-0.2, -0.15) is 0 Å². The average molecular weight is 173 g/mol. The van der Waals surface area contributed by atoms with Gasteiger partial charge in [0.1, 0.15) is 0 Å². The van der Waals surface area contributed by atoms with Gasteiger partial charge in [-0.1, -0.05) is 24.3 Å². The number of benzene rings is 1. The summed E-state index contributed by atoms with van der Waals surface area (Å²) in [4.78, 5) is 0. The standard InChI is InChI=1S/C12H15N/c13-12-7-11(12)10-5-8-3-1-2-4-9(8)6-10/h1-4,10-12H,5-7,13H2/t11-,12+/m0/s1. The van der Waals surface area contributed by atoms with Crippen LogP contribution in [0.2, 0.25) is 0 Å². The summed E-state index contributed by atoms with van der Waals surface area (Å²) in [5.41, 5.74) is 9.00. The lowest BCUT2D eigenvalue weighted by atomic mass is 10.0. The molecule has 0 bridgehead atoms. The third kappa shape index (κ3) is 1.19. The molecule has 0 spiro atoms. The van der Waals surface area contributed by atoms with E-state index in [2.05, 4.69) is 24.3 Å². The van der Waals surface area contributed by atoms with Crippen molar-refractivity contribution in [3.05, 3.63) is 35.4 Å². The summed E-state index contributed by atoms with van der Waals surface area (Å²) in [6, 6.07) is 9.34. The van der Waals surface area contributed by atoms with Gasteiger partial charge in [-0.25, -0.2) is 0 Å². The summed E-state index contributed by atoms with van der Waals surface area (Å²) in [6.45, 7) is 0. The van der Waals surface area contributed by atoms with E-state index >= 15 is 0 Å². The number of nitrogens with two attached hydrogens (primary N) is 1. The van der Waals surface area contributed by atoms with Crippen LogP contribution in [-0.2, 0) is 12.8 Å². The fraction of sp³-hybridized carbons (Fsp3) is 0.500. The summed E-state index contributed by atoms with van der Waals surface area (Å²) in [6.07, 6.45) is 3.81. The maximum atomic E-state index is 5.88. The SMILES string of the molecule is N[C@@H]1C[C@H]1C1Cc2ccccc2C1. The Hall–Kier alpha value is -0.820. The molecule has 2 aliphatic carbocycles. The van der Waals surface area contributed by atoms with Crippen molar-refractivity contribution < 1.29 is 0 Å². The smallest absolute Gasteiger partial charge is 0.00739 e. The highest BCUT2D eigenvalue weighted by atomic mass is 14.8. The van der Waals surface area contributed by atoms with Crippen LogP contribution in [0.4, 0.5) is 0 Å². The molecule has 68 valence electrons. The molecule has 1 aromatic carbocycles. The molecule has 1 nitrogen and oxygen atoms in total. The first-order chi connectivity index (χ1) is 6.34. The van der Waals surface area contributed by atoms with Crippen LogP contribution in [0.25, 0.3) is 0 Å². The minimum atomic E-state index is 0.513. The second kappa shape index (κ2) is 2.58. The van der Waals surface area contributed by atoms with Gasteiger partial charge in [0.15, 0.2) is 0 Å². The van der Waals surface area contributed by atoms with Gasteiger partial charge >= 0.3 is 0 Å². The molecule has 2 atom stereocenters. The molecule has 0 radical (unpaired) electrons. The maximum absolute atomic E-state index is 5.88. The molecule has 2 N–H and O–H groups in total. The number of fused-ring (bicyclic) bond motifs is 1. The molecule has 1 saturated carbocycles. The van der Waals surface area contributed by atoms with Crippen LogP contribution >= 0.6 is 0 Å². The molecule has 0 heterocycles. The summed E-state index contributed by atoms with van der Waals surface area (Å²) < 4.78 is 0. The van der Waals surface area contributed by atoms with Gasteiger partial charge < -0.3 is 5.73 Å². The van der Waals surface area contributed by atoms with E-state index in [-0.39, 0.29) is 0 Å². The largest absolute Gasteiger partial charge is 0.327 e. The summed E-state index contributed by atoms with van der Waals surface area (Å²) >= 11 is 0. The van der Waals surface area contributed by atoms with Crippen molar-refractivity contribution in [2.24, 2.45) is 17.6 Å². The van der Waals surface area contributed by atoms with Crippen LogP contribution in [0, 0.1) is 11.8 Å². The first-order valence-corrected chi connectivity index (χ1v) is 5.17. The van der Waals surface area contributed by atoms with Gasteiger partial charge in [-0.05, 0) is 42.2 Å². The van der Waals surface area contributed by atoms with Crippen molar-refractivity contribution in [1.29, 1.82) is 0 Å². The molecule has 0 unspecified atom stereocenters. The van der Waals surface area contributed by atoms with Crippen LogP contribution in [-0.4, -0.2) is 6.04 Å². The van der Waals surface area contributed by atoms with Gasteiger partial charge in [0.05, 0.1) is 0 Å². The van der Waals surface area contributed by atoms with Crippen LogP contribution in [0.15, 0.2) is 24.3 Å². The van der Waals surface area contributed by atoms with Crippen molar-refractivity contribution in [3.63, 3.8) is 0 Å². The molecule has 0 aliphatic heterocycles. The third-order valence-corrected chi connectivity index (χ3v) is 3.58. The minimum absolute atomic E-state index is 0.513. The van der Waals surface area contributed by atoms with Crippen LogP contribution in [0.1, 0.15) is 17.5 Å². The molecule has 1 aromatic rings. The zero-order valence-corrected chi connectivity index (χ0v) is 7.74. The lowest BCUT2D eigenvalue weighted by molar-refractivity contribution is 0.479. The van der Waals surface area contributed by atoms with Gasteiger partial charge in [-0.15, -0.1) is 0 Å². The maximum Gasteiger partial charge on any atom is 0.00739 e. The molecular weight excluding hydrogens is 158 g/mol. The number of rotatable bonds is 1. The van der Waals surface area contributed by atoms with E-state index in [0.717, 1.165) is 11.8 Å². The highest BCUT2D eigenvalue weighted by Gasteiger charge is 2.42. The molecule has 2 aliphatic rings. The highest BCUT2D eigenvalue weighted by molar-refractivity contribution is 5.33. The van der Waals surface area contributed by atoms with Crippen LogP contribution in [0.3, 0.4) is 0 Å². The number of hydrogen-bond donors (Lipinski definition) is 1. The lowest BCUT2D eigenvalue weighted by Gasteiger charge is -2.05. The fourth-order valence-corrected chi connectivity index (χ4v) is 2.67. The van der Waals surface area contributed by atoms with Crippen molar-refractivity contribution in [2.75, 3.05) is 0 Å². The van der Waals surface area contributed by atoms with Gasteiger partial charge in [0, 0.05) is 6.04 Å². The summed E-state index contributed by atoms with van der Waals surface area (Å²) in [5.74, 6) is 1.68. The zero-order valence-electron chi connectivity index (χ0n) is 7.74. The zero-order chi connectivity index (χ0) is 8.84. The Morgan fingerprint density at radius 2 is 1.62 bits per heavy atom. The first-order valence-electron chi connectivity index (χ1n) is 5.17. The molecule has 1 heteroatoms. The predicted octanol–water partition coefficient (Wildman–Crippen LogP) is 1.75. The second-order valence-electron chi connectivity index (χ2n) is 4.50. The normalized spacial score (nSPS) is 31.8. The topological polar surface area (TPSA) is 26.0 Å². The summed E-state index contributed by atoms with van der Waals surface area (Å²) in [7, 11) is 0. The predicted molar refractivity (Wildman–Crippen MR) is 53.4 cm³/mol. The Morgan fingerprint density at radius 1 is 1.08 bits per heavy atom. The van der Waals surface area contributed by atoms with E-state index in [1.165, 1.54) is 19.3 Å². The third-order valence-electron chi connectivity index (χ3n) is 3.58. The monoisotopic (exact) mass is 173 g/mol. The Labute approximate surface area is 78.9 Å². The van der Waals surface area contributed by atoms with Gasteiger partial charge in [0.25, 0.3) is 0 Å². The fourth-order valence-electron chi connectivity index (χ4n) is 2.67. The molecule has 1 fully saturated rings. The second-order valence-corrected chi connectivity index (χ2v) is 4.50. The lowest BCUT2D eigenvalue weighted by Crippen LogP contribution is -2.10. The Kier molecular flexibility index (Phi) is 1.50. The number of hydrogen-bond acceptors (Lipinski definition) is 1. The molecule has 3 rings (SSSR count). The average Bonchev–Trinajstić information content (AvgIpc) is 2.74.